The lowest BCUT2D eigenvalue weighted by Gasteiger charge is -2.39. The van der Waals surface area contributed by atoms with Gasteiger partial charge in [-0.05, 0) is 55.8 Å². The number of Topliss-reactive ketones (excluding diaryl/α,β-unsaturated/α-hetero) is 1. The molecule has 5 atom stereocenters. The number of sulfonamides is 1. The molecule has 2 saturated heterocycles. The number of amides is 5. The number of carbonyl (C=O) groups excluding carboxylic acids is 5. The van der Waals surface area contributed by atoms with Crippen molar-refractivity contribution < 1.29 is 32.4 Å². The molecule has 0 aromatic heterocycles. The van der Waals surface area contributed by atoms with Crippen LogP contribution < -0.4 is 21.3 Å². The van der Waals surface area contributed by atoms with E-state index in [1.165, 1.54) is 18.4 Å². The third kappa shape index (κ3) is 8.95. The van der Waals surface area contributed by atoms with E-state index in [9.17, 15) is 32.4 Å². The predicted octanol–water partition coefficient (Wildman–Crippen LogP) is 2.59. The van der Waals surface area contributed by atoms with E-state index in [-0.39, 0.29) is 35.0 Å². The highest BCUT2D eigenvalue weighted by molar-refractivity contribution is 7.89. The number of urea groups is 1. The van der Waals surface area contributed by atoms with Crippen molar-refractivity contribution in [2.75, 3.05) is 26.4 Å². The Balaban J connectivity index is 1.36. The maximum absolute atomic E-state index is 14.4. The van der Waals surface area contributed by atoms with E-state index < -0.39 is 57.3 Å². The van der Waals surface area contributed by atoms with Crippen molar-refractivity contribution in [1.82, 2.24) is 30.5 Å². The summed E-state index contributed by atoms with van der Waals surface area (Å²) in [5.41, 5.74) is -1.12. The van der Waals surface area contributed by atoms with Gasteiger partial charge in [-0.1, -0.05) is 78.1 Å². The minimum absolute atomic E-state index is 0.0151. The van der Waals surface area contributed by atoms with Crippen LogP contribution >= 0.6 is 0 Å². The summed E-state index contributed by atoms with van der Waals surface area (Å²) in [5, 5.41) is 11.6. The van der Waals surface area contributed by atoms with Gasteiger partial charge < -0.3 is 26.2 Å². The molecule has 0 aromatic rings. The highest BCUT2D eigenvalue weighted by atomic mass is 32.2. The van der Waals surface area contributed by atoms with Crippen molar-refractivity contribution in [3.05, 3.63) is 0 Å². The molecule has 2 aliphatic heterocycles. The molecule has 276 valence electrons. The lowest BCUT2D eigenvalue weighted by Crippen LogP contribution is -2.62. The van der Waals surface area contributed by atoms with Crippen molar-refractivity contribution in [2.24, 2.45) is 17.3 Å². The van der Waals surface area contributed by atoms with E-state index in [1.54, 1.807) is 4.90 Å². The Labute approximate surface area is 291 Å². The number of rotatable bonds is 8. The molecule has 49 heavy (non-hydrogen) atoms. The summed E-state index contributed by atoms with van der Waals surface area (Å²) in [4.78, 5) is 69.8. The Bertz CT molecular complexity index is 1370. The Kier molecular flexibility index (Phi) is 11.7. The van der Waals surface area contributed by atoms with Crippen LogP contribution in [0.25, 0.3) is 0 Å². The van der Waals surface area contributed by atoms with E-state index in [0.29, 0.717) is 45.1 Å². The van der Waals surface area contributed by atoms with Gasteiger partial charge in [-0.25, -0.2) is 17.5 Å². The molecular weight excluding hydrogens is 648 g/mol. The maximum Gasteiger partial charge on any atom is 0.315 e. The van der Waals surface area contributed by atoms with Gasteiger partial charge in [-0.2, -0.15) is 0 Å². The highest BCUT2D eigenvalue weighted by Crippen LogP contribution is 2.65. The number of hydrogen-bond acceptors (Lipinski definition) is 7. The second-order valence-corrected chi connectivity index (χ2v) is 18.3. The van der Waals surface area contributed by atoms with Gasteiger partial charge in [0.2, 0.25) is 27.6 Å². The molecule has 5 rings (SSSR count). The second-order valence-electron chi connectivity index (χ2n) is 16.1. The number of ketones is 1. The number of hydrogen-bond donors (Lipinski definition) is 4. The molecule has 0 bridgehead atoms. The molecule has 0 radical (unpaired) electrons. The molecule has 5 fully saturated rings. The zero-order chi connectivity index (χ0) is 35.6. The summed E-state index contributed by atoms with van der Waals surface area (Å²) >= 11 is 0. The summed E-state index contributed by atoms with van der Waals surface area (Å²) in [5.74, 6) is -2.33. The zero-order valence-electron chi connectivity index (χ0n) is 29.9. The van der Waals surface area contributed by atoms with Gasteiger partial charge in [0.05, 0.1) is 17.3 Å². The van der Waals surface area contributed by atoms with Crippen LogP contribution in [0.2, 0.25) is 0 Å². The van der Waals surface area contributed by atoms with Crippen LogP contribution in [0.4, 0.5) is 4.79 Å². The first kappa shape index (κ1) is 37.5. The van der Waals surface area contributed by atoms with Gasteiger partial charge >= 0.3 is 6.03 Å². The van der Waals surface area contributed by atoms with Gasteiger partial charge in [0, 0.05) is 26.7 Å². The Morgan fingerprint density at radius 1 is 0.857 bits per heavy atom. The van der Waals surface area contributed by atoms with Crippen LogP contribution in [0, 0.1) is 17.3 Å². The van der Waals surface area contributed by atoms with Gasteiger partial charge in [-0.15, -0.1) is 0 Å². The summed E-state index contributed by atoms with van der Waals surface area (Å²) in [6, 6.07) is -3.27. The Hall–Kier alpha value is -2.74. The van der Waals surface area contributed by atoms with E-state index in [0.717, 1.165) is 64.2 Å². The minimum atomic E-state index is -3.61. The molecule has 5 amide bonds. The molecule has 3 saturated carbocycles. The highest BCUT2D eigenvalue weighted by Gasteiger charge is 2.69. The van der Waals surface area contributed by atoms with Crippen molar-refractivity contribution in [3.63, 3.8) is 0 Å². The smallest absolute Gasteiger partial charge is 0.315 e. The molecule has 3 aliphatic carbocycles. The van der Waals surface area contributed by atoms with Gasteiger partial charge in [0.1, 0.15) is 12.1 Å². The average molecular weight is 707 g/mol. The fraction of sp³-hybridized carbons (Fsp3) is 0.857. The molecule has 14 heteroatoms. The number of nitrogens with one attached hydrogen (secondary N) is 4. The number of piperidine rings is 1. The monoisotopic (exact) mass is 706 g/mol. The van der Waals surface area contributed by atoms with E-state index >= 15 is 0 Å². The molecule has 5 unspecified atom stereocenters. The zero-order valence-corrected chi connectivity index (χ0v) is 30.7. The Morgan fingerprint density at radius 2 is 1.45 bits per heavy atom. The molecule has 13 nitrogen and oxygen atoms in total. The third-order valence-electron chi connectivity index (χ3n) is 11.8. The predicted molar refractivity (Wildman–Crippen MR) is 185 cm³/mol. The first-order valence-electron chi connectivity index (χ1n) is 18.6. The van der Waals surface area contributed by atoms with Crippen molar-refractivity contribution in [1.29, 1.82) is 0 Å². The van der Waals surface area contributed by atoms with Crippen LogP contribution in [0.15, 0.2) is 0 Å². The normalized spacial score (nSPS) is 30.8. The number of carbonyl (C=O) groups is 5. The van der Waals surface area contributed by atoms with E-state index in [4.69, 9.17) is 0 Å². The summed E-state index contributed by atoms with van der Waals surface area (Å²) in [6.07, 6.45) is 12.1. The Morgan fingerprint density at radius 3 is 2.06 bits per heavy atom. The third-order valence-corrected chi connectivity index (χ3v) is 13.9. The molecule has 5 aliphatic rings. The van der Waals surface area contributed by atoms with Crippen LogP contribution in [0.3, 0.4) is 0 Å². The molecular formula is C35H58N6O7S. The molecule has 4 N–H and O–H groups in total. The van der Waals surface area contributed by atoms with Gasteiger partial charge in [-0.3, -0.25) is 19.2 Å². The molecule has 2 heterocycles. The van der Waals surface area contributed by atoms with Crippen LogP contribution in [-0.4, -0.2) is 103 Å². The SMILES string of the molecule is CN(C)S(=O)(=O)CC1(NC(=O)NC2CCCCCCCCCC(C(=O)C(=O)NC3CC3)NC(=O)C3C4C(CN3C2=O)C4(C)C)CCCCC1. The van der Waals surface area contributed by atoms with Crippen molar-refractivity contribution in [3.8, 4) is 0 Å². The standard InChI is InChI=1S/C35H58N6O7S/c1-34(2)24-21-41-28(27(24)34)30(43)37-25(29(42)31(44)36-23-17-18-23)15-11-8-6-5-7-9-12-16-26(32(41)45)38-33(46)39-35(19-13-10-14-20-35)22-49(47,48)40(3)4/h23-28H,5-22H2,1-4H3,(H,36,44)(H,37,43)(H2,38,39,46). The van der Waals surface area contributed by atoms with E-state index in [2.05, 4.69) is 35.1 Å². The molecule has 0 spiro atoms. The maximum atomic E-state index is 14.4. The van der Waals surface area contributed by atoms with Gasteiger partial charge in [0.25, 0.3) is 5.91 Å². The first-order chi connectivity index (χ1) is 23.1. The second kappa shape index (κ2) is 15.2. The van der Waals surface area contributed by atoms with Crippen LogP contribution in [0.1, 0.15) is 117 Å². The summed E-state index contributed by atoms with van der Waals surface area (Å²) < 4.78 is 27.1. The minimum Gasteiger partial charge on any atom is -0.347 e. The fourth-order valence-electron chi connectivity index (χ4n) is 8.47. The summed E-state index contributed by atoms with van der Waals surface area (Å²) in [7, 11) is -0.642. The fourth-order valence-corrected chi connectivity index (χ4v) is 9.78. The summed E-state index contributed by atoms with van der Waals surface area (Å²) in [6.45, 7) is 4.52. The quantitative estimate of drug-likeness (QED) is 0.281. The number of nitrogens with zero attached hydrogens (tertiary/aromatic N) is 2. The number of fused-ring (bicyclic) bond motifs is 3. The van der Waals surface area contributed by atoms with Gasteiger partial charge in [0.15, 0.2) is 0 Å². The van der Waals surface area contributed by atoms with Crippen LogP contribution in [0.5, 0.6) is 0 Å². The first-order valence-corrected chi connectivity index (χ1v) is 20.2. The topological polar surface area (TPSA) is 174 Å². The van der Waals surface area contributed by atoms with Crippen molar-refractivity contribution in [2.45, 2.75) is 146 Å². The largest absolute Gasteiger partial charge is 0.347 e. The van der Waals surface area contributed by atoms with Crippen molar-refractivity contribution >= 4 is 39.6 Å². The average Bonchev–Trinajstić information content (AvgIpc) is 3.88. The lowest BCUT2D eigenvalue weighted by molar-refractivity contribution is -0.144. The lowest BCUT2D eigenvalue weighted by atomic mass is 9.83. The molecule has 0 aromatic carbocycles. The van der Waals surface area contributed by atoms with Crippen LogP contribution in [-0.2, 0) is 29.2 Å². The van der Waals surface area contributed by atoms with E-state index in [1.807, 2.05) is 0 Å².